The van der Waals surface area contributed by atoms with E-state index in [4.69, 9.17) is 0 Å². The van der Waals surface area contributed by atoms with E-state index >= 15 is 0 Å². The number of anilines is 1. The Kier molecular flexibility index (Phi) is 5.95. The standard InChI is InChI=1S/C30H23N3O/c1-2-29(34)33-27-10-6-9-24(17-27)28-18-25(16-26-19-31-20-32-30(26)28)23-13-11-22(12-14-23)15-21-7-4-3-5-8-21/h2-14,16-20H,1,15H2,(H,33,34). The van der Waals surface area contributed by atoms with Crippen LogP contribution in [0.2, 0.25) is 0 Å². The molecule has 34 heavy (non-hydrogen) atoms. The average molecular weight is 442 g/mol. The van der Waals surface area contributed by atoms with Gasteiger partial charge in [0.2, 0.25) is 5.91 Å². The minimum atomic E-state index is -0.242. The van der Waals surface area contributed by atoms with Crippen molar-refractivity contribution in [2.45, 2.75) is 6.42 Å². The van der Waals surface area contributed by atoms with Crippen LogP contribution in [0, 0.1) is 0 Å². The minimum Gasteiger partial charge on any atom is -0.323 e. The Bertz CT molecular complexity index is 1470. The average Bonchev–Trinajstić information content (AvgIpc) is 2.89. The van der Waals surface area contributed by atoms with Crippen LogP contribution < -0.4 is 5.32 Å². The van der Waals surface area contributed by atoms with Crippen LogP contribution in [0.1, 0.15) is 11.1 Å². The lowest BCUT2D eigenvalue weighted by Gasteiger charge is -2.12. The Morgan fingerprint density at radius 1 is 0.824 bits per heavy atom. The summed E-state index contributed by atoms with van der Waals surface area (Å²) < 4.78 is 0. The number of amides is 1. The van der Waals surface area contributed by atoms with E-state index < -0.39 is 0 Å². The molecule has 4 aromatic carbocycles. The maximum absolute atomic E-state index is 11.8. The molecule has 0 aliphatic rings. The second-order valence-electron chi connectivity index (χ2n) is 8.12. The maximum atomic E-state index is 11.8. The van der Waals surface area contributed by atoms with Gasteiger partial charge in [0.15, 0.2) is 0 Å². The summed E-state index contributed by atoms with van der Waals surface area (Å²) in [5.74, 6) is -0.242. The van der Waals surface area contributed by atoms with Gasteiger partial charge in [-0.25, -0.2) is 9.97 Å². The van der Waals surface area contributed by atoms with Crippen LogP contribution in [0.4, 0.5) is 5.69 Å². The fraction of sp³-hybridized carbons (Fsp3) is 0.0333. The molecule has 0 aliphatic carbocycles. The van der Waals surface area contributed by atoms with Gasteiger partial charge in [-0.3, -0.25) is 4.79 Å². The zero-order valence-corrected chi connectivity index (χ0v) is 18.6. The summed E-state index contributed by atoms with van der Waals surface area (Å²) in [6.07, 6.45) is 5.56. The van der Waals surface area contributed by atoms with Crippen molar-refractivity contribution in [3.8, 4) is 22.3 Å². The summed E-state index contributed by atoms with van der Waals surface area (Å²) in [7, 11) is 0. The van der Waals surface area contributed by atoms with Crippen molar-refractivity contribution in [1.29, 1.82) is 0 Å². The molecule has 4 nitrogen and oxygen atoms in total. The summed E-state index contributed by atoms with van der Waals surface area (Å²) in [6, 6.07) is 31.2. The fourth-order valence-corrected chi connectivity index (χ4v) is 4.10. The van der Waals surface area contributed by atoms with Crippen LogP contribution >= 0.6 is 0 Å². The highest BCUT2D eigenvalue weighted by Crippen LogP contribution is 2.34. The minimum absolute atomic E-state index is 0.242. The number of fused-ring (bicyclic) bond motifs is 1. The molecule has 0 bridgehead atoms. The molecule has 0 saturated heterocycles. The normalized spacial score (nSPS) is 10.7. The molecular weight excluding hydrogens is 418 g/mol. The molecule has 164 valence electrons. The summed E-state index contributed by atoms with van der Waals surface area (Å²) in [5.41, 5.74) is 8.30. The topological polar surface area (TPSA) is 54.9 Å². The lowest BCUT2D eigenvalue weighted by molar-refractivity contribution is -0.111. The molecule has 0 spiro atoms. The summed E-state index contributed by atoms with van der Waals surface area (Å²) >= 11 is 0. The highest BCUT2D eigenvalue weighted by Gasteiger charge is 2.11. The zero-order chi connectivity index (χ0) is 23.3. The fourth-order valence-electron chi connectivity index (χ4n) is 4.10. The Labute approximate surface area is 198 Å². The van der Waals surface area contributed by atoms with Crippen LogP contribution in [0.3, 0.4) is 0 Å². The number of aromatic nitrogens is 2. The van der Waals surface area contributed by atoms with Crippen LogP contribution in [0.5, 0.6) is 0 Å². The van der Waals surface area contributed by atoms with Crippen LogP contribution in [0.15, 0.2) is 116 Å². The van der Waals surface area contributed by atoms with Crippen LogP contribution in [-0.4, -0.2) is 15.9 Å². The van der Waals surface area contributed by atoms with E-state index in [1.165, 1.54) is 17.2 Å². The van der Waals surface area contributed by atoms with E-state index in [0.29, 0.717) is 5.69 Å². The van der Waals surface area contributed by atoms with E-state index in [-0.39, 0.29) is 5.91 Å². The third kappa shape index (κ3) is 4.62. The first-order valence-corrected chi connectivity index (χ1v) is 11.1. The molecule has 1 N–H and O–H groups in total. The Morgan fingerprint density at radius 3 is 2.41 bits per heavy atom. The van der Waals surface area contributed by atoms with Gasteiger partial charge in [-0.1, -0.05) is 73.3 Å². The van der Waals surface area contributed by atoms with Gasteiger partial charge >= 0.3 is 0 Å². The van der Waals surface area contributed by atoms with Gasteiger partial charge in [0.1, 0.15) is 6.33 Å². The molecule has 4 heteroatoms. The van der Waals surface area contributed by atoms with E-state index in [9.17, 15) is 4.79 Å². The van der Waals surface area contributed by atoms with E-state index in [2.05, 4.69) is 82.5 Å². The Morgan fingerprint density at radius 2 is 1.62 bits per heavy atom. The molecule has 0 unspecified atom stereocenters. The van der Waals surface area contributed by atoms with Gasteiger partial charge in [-0.2, -0.15) is 0 Å². The summed E-state index contributed by atoms with van der Waals surface area (Å²) in [4.78, 5) is 20.6. The quantitative estimate of drug-likeness (QED) is 0.299. The summed E-state index contributed by atoms with van der Waals surface area (Å²) in [5, 5.41) is 3.79. The number of carbonyl (C=O) groups excluding carboxylic acids is 1. The number of rotatable bonds is 6. The lowest BCUT2D eigenvalue weighted by atomic mass is 9.95. The van der Waals surface area contributed by atoms with Gasteiger partial charge in [-0.05, 0) is 64.6 Å². The van der Waals surface area contributed by atoms with E-state index in [1.807, 2.05) is 36.5 Å². The molecule has 0 aliphatic heterocycles. The van der Waals surface area contributed by atoms with E-state index in [1.54, 1.807) is 6.33 Å². The lowest BCUT2D eigenvalue weighted by Crippen LogP contribution is -2.07. The number of nitrogens with one attached hydrogen (secondary N) is 1. The number of hydrogen-bond acceptors (Lipinski definition) is 3. The third-order valence-corrected chi connectivity index (χ3v) is 5.77. The van der Waals surface area contributed by atoms with Crippen molar-refractivity contribution >= 4 is 22.5 Å². The van der Waals surface area contributed by atoms with Crippen molar-refractivity contribution in [2.75, 3.05) is 5.32 Å². The van der Waals surface area contributed by atoms with Gasteiger partial charge in [-0.15, -0.1) is 0 Å². The van der Waals surface area contributed by atoms with Gasteiger partial charge < -0.3 is 5.32 Å². The number of carbonyl (C=O) groups is 1. The summed E-state index contributed by atoms with van der Waals surface area (Å²) in [6.45, 7) is 3.52. The van der Waals surface area contributed by atoms with Crippen molar-refractivity contribution in [3.63, 3.8) is 0 Å². The first-order chi connectivity index (χ1) is 16.7. The predicted octanol–water partition coefficient (Wildman–Crippen LogP) is 6.68. The second kappa shape index (κ2) is 9.51. The van der Waals surface area contributed by atoms with Crippen LogP contribution in [-0.2, 0) is 11.2 Å². The van der Waals surface area contributed by atoms with Crippen molar-refractivity contribution in [2.24, 2.45) is 0 Å². The maximum Gasteiger partial charge on any atom is 0.247 e. The van der Waals surface area contributed by atoms with Gasteiger partial charge in [0, 0.05) is 22.8 Å². The predicted molar refractivity (Wildman–Crippen MR) is 138 cm³/mol. The highest BCUT2D eigenvalue weighted by atomic mass is 16.1. The number of hydrogen-bond donors (Lipinski definition) is 1. The molecule has 1 heterocycles. The van der Waals surface area contributed by atoms with Gasteiger partial charge in [0.25, 0.3) is 0 Å². The third-order valence-electron chi connectivity index (χ3n) is 5.77. The van der Waals surface area contributed by atoms with E-state index in [0.717, 1.165) is 39.6 Å². The molecule has 0 radical (unpaired) electrons. The molecular formula is C30H23N3O. The van der Waals surface area contributed by atoms with Crippen molar-refractivity contribution < 1.29 is 4.79 Å². The molecule has 0 saturated carbocycles. The Balaban J connectivity index is 1.53. The molecule has 1 aromatic heterocycles. The molecule has 0 atom stereocenters. The number of benzene rings is 4. The SMILES string of the molecule is C=CC(=O)Nc1cccc(-c2cc(-c3ccc(Cc4ccccc4)cc3)cc3cncnc23)c1. The van der Waals surface area contributed by atoms with Crippen molar-refractivity contribution in [1.82, 2.24) is 9.97 Å². The smallest absolute Gasteiger partial charge is 0.247 e. The van der Waals surface area contributed by atoms with Gasteiger partial charge in [0.05, 0.1) is 5.52 Å². The monoisotopic (exact) mass is 441 g/mol. The Hall–Kier alpha value is -4.57. The first kappa shape index (κ1) is 21.3. The largest absolute Gasteiger partial charge is 0.323 e. The van der Waals surface area contributed by atoms with Crippen molar-refractivity contribution in [3.05, 3.63) is 127 Å². The molecule has 5 aromatic rings. The first-order valence-electron chi connectivity index (χ1n) is 11.1. The van der Waals surface area contributed by atoms with Crippen LogP contribution in [0.25, 0.3) is 33.2 Å². The molecule has 1 amide bonds. The molecule has 0 fully saturated rings. The second-order valence-corrected chi connectivity index (χ2v) is 8.12. The molecule has 5 rings (SSSR count). The highest BCUT2D eigenvalue weighted by molar-refractivity contribution is 6.01. The number of nitrogens with zero attached hydrogens (tertiary/aromatic N) is 2. The zero-order valence-electron chi connectivity index (χ0n) is 18.6.